The van der Waals surface area contributed by atoms with Crippen molar-refractivity contribution in [1.29, 1.82) is 0 Å². The molecule has 0 spiro atoms. The maximum atomic E-state index is 12.8. The number of ether oxygens (including phenoxy) is 1. The molecule has 0 atom stereocenters. The second-order valence-corrected chi connectivity index (χ2v) is 5.96. The van der Waals surface area contributed by atoms with Crippen LogP contribution in [0.5, 0.6) is 0 Å². The van der Waals surface area contributed by atoms with Crippen molar-refractivity contribution in [2.24, 2.45) is 0 Å². The molecule has 0 bridgehead atoms. The van der Waals surface area contributed by atoms with E-state index in [-0.39, 0.29) is 11.6 Å². The molecule has 2 aromatic carbocycles. The number of rotatable bonds is 5. The fraction of sp³-hybridized carbons (Fsp3) is 0.182. The van der Waals surface area contributed by atoms with Crippen molar-refractivity contribution in [2.45, 2.75) is 19.4 Å². The summed E-state index contributed by atoms with van der Waals surface area (Å²) in [4.78, 5) is 25.2. The van der Waals surface area contributed by atoms with Crippen LogP contribution in [0, 0.1) is 0 Å². The normalized spacial score (nSPS) is 15.0. The maximum Gasteiger partial charge on any atom is 0.185 e. The summed E-state index contributed by atoms with van der Waals surface area (Å²) in [5, 5.41) is 0. The van der Waals surface area contributed by atoms with Crippen LogP contribution in [0.2, 0.25) is 0 Å². The van der Waals surface area contributed by atoms with E-state index in [9.17, 15) is 9.59 Å². The molecule has 0 aromatic heterocycles. The van der Waals surface area contributed by atoms with Gasteiger partial charge in [0.15, 0.2) is 11.6 Å². The van der Waals surface area contributed by atoms with Gasteiger partial charge in [-0.15, -0.1) is 0 Å². The fourth-order valence-corrected chi connectivity index (χ4v) is 3.22. The van der Waals surface area contributed by atoms with Crippen LogP contribution in [0.1, 0.15) is 25.0 Å². The SMILES string of the molecule is CCOC(C1=CC(=O)C(C)=CC1=O)(c1ccccc1)c1ccccc1. The quantitative estimate of drug-likeness (QED) is 0.778. The molecule has 2 aromatic rings. The molecule has 0 saturated heterocycles. The third-order valence-electron chi connectivity index (χ3n) is 4.38. The Hall–Kier alpha value is -2.78. The number of carbonyl (C=O) groups excluding carboxylic acids is 2. The van der Waals surface area contributed by atoms with Gasteiger partial charge in [0.25, 0.3) is 0 Å². The number of hydrogen-bond donors (Lipinski definition) is 0. The predicted molar refractivity (Wildman–Crippen MR) is 97.1 cm³/mol. The van der Waals surface area contributed by atoms with Gasteiger partial charge in [-0.25, -0.2) is 0 Å². The topological polar surface area (TPSA) is 43.4 Å². The van der Waals surface area contributed by atoms with Crippen molar-refractivity contribution in [1.82, 2.24) is 0 Å². The molecular formula is C22H20O3. The van der Waals surface area contributed by atoms with Crippen molar-refractivity contribution >= 4 is 11.6 Å². The summed E-state index contributed by atoms with van der Waals surface area (Å²) in [6, 6.07) is 19.1. The molecule has 126 valence electrons. The number of ketones is 2. The van der Waals surface area contributed by atoms with Crippen molar-refractivity contribution in [2.75, 3.05) is 6.61 Å². The largest absolute Gasteiger partial charge is 0.361 e. The van der Waals surface area contributed by atoms with Crippen molar-refractivity contribution in [3.8, 4) is 0 Å². The molecule has 0 saturated carbocycles. The van der Waals surface area contributed by atoms with Gasteiger partial charge in [0, 0.05) is 17.8 Å². The first-order valence-corrected chi connectivity index (χ1v) is 8.33. The lowest BCUT2D eigenvalue weighted by Gasteiger charge is -2.37. The Morgan fingerprint density at radius 3 is 1.80 bits per heavy atom. The summed E-state index contributed by atoms with van der Waals surface area (Å²) in [6.45, 7) is 3.93. The zero-order valence-electron chi connectivity index (χ0n) is 14.4. The molecule has 0 radical (unpaired) electrons. The van der Waals surface area contributed by atoms with Gasteiger partial charge in [0.1, 0.15) is 5.60 Å². The fourth-order valence-electron chi connectivity index (χ4n) is 3.22. The van der Waals surface area contributed by atoms with Gasteiger partial charge >= 0.3 is 0 Å². The first kappa shape index (κ1) is 17.1. The summed E-state index contributed by atoms with van der Waals surface area (Å²) in [5.74, 6) is -0.358. The molecule has 1 aliphatic rings. The Morgan fingerprint density at radius 2 is 1.32 bits per heavy atom. The molecule has 0 heterocycles. The van der Waals surface area contributed by atoms with E-state index in [2.05, 4.69) is 0 Å². The molecule has 0 unspecified atom stereocenters. The Labute approximate surface area is 147 Å². The Morgan fingerprint density at radius 1 is 0.800 bits per heavy atom. The van der Waals surface area contributed by atoms with E-state index < -0.39 is 5.60 Å². The second-order valence-electron chi connectivity index (χ2n) is 5.96. The molecular weight excluding hydrogens is 312 g/mol. The lowest BCUT2D eigenvalue weighted by atomic mass is 9.75. The van der Waals surface area contributed by atoms with E-state index in [1.165, 1.54) is 12.2 Å². The average molecular weight is 332 g/mol. The van der Waals surface area contributed by atoms with Gasteiger partial charge in [-0.3, -0.25) is 9.59 Å². The highest BCUT2D eigenvalue weighted by atomic mass is 16.5. The van der Waals surface area contributed by atoms with Gasteiger partial charge in [0.05, 0.1) is 0 Å². The minimum atomic E-state index is -1.11. The van der Waals surface area contributed by atoms with E-state index in [0.717, 1.165) is 11.1 Å². The lowest BCUT2D eigenvalue weighted by Crippen LogP contribution is -2.38. The predicted octanol–water partition coefficient (Wildman–Crippen LogP) is 3.99. The van der Waals surface area contributed by atoms with E-state index in [1.807, 2.05) is 67.6 Å². The molecule has 3 rings (SSSR count). The highest BCUT2D eigenvalue weighted by Gasteiger charge is 2.43. The first-order chi connectivity index (χ1) is 12.1. The Balaban J connectivity index is 2.31. The zero-order chi connectivity index (χ0) is 17.9. The van der Waals surface area contributed by atoms with Crippen LogP contribution in [-0.2, 0) is 19.9 Å². The third kappa shape index (κ3) is 2.99. The zero-order valence-corrected chi connectivity index (χ0v) is 14.4. The van der Waals surface area contributed by atoms with E-state index in [4.69, 9.17) is 4.74 Å². The highest BCUT2D eigenvalue weighted by Crippen LogP contribution is 2.42. The summed E-state index contributed by atoms with van der Waals surface area (Å²) >= 11 is 0. The minimum Gasteiger partial charge on any atom is -0.361 e. The van der Waals surface area contributed by atoms with E-state index in [1.54, 1.807) is 6.92 Å². The molecule has 1 aliphatic carbocycles. The molecule has 25 heavy (non-hydrogen) atoms. The number of allylic oxidation sites excluding steroid dienone is 3. The van der Waals surface area contributed by atoms with Gasteiger partial charge in [-0.05, 0) is 37.1 Å². The number of carbonyl (C=O) groups is 2. The van der Waals surface area contributed by atoms with Crippen molar-refractivity contribution in [3.63, 3.8) is 0 Å². The van der Waals surface area contributed by atoms with Gasteiger partial charge < -0.3 is 4.74 Å². The second kappa shape index (κ2) is 6.99. The van der Waals surface area contributed by atoms with Gasteiger partial charge in [-0.2, -0.15) is 0 Å². The van der Waals surface area contributed by atoms with Crippen LogP contribution in [0.15, 0.2) is 84.0 Å². The van der Waals surface area contributed by atoms with Crippen LogP contribution < -0.4 is 0 Å². The summed E-state index contributed by atoms with van der Waals surface area (Å²) in [6.07, 6.45) is 2.82. The summed E-state index contributed by atoms with van der Waals surface area (Å²) in [5.41, 5.74) is 1.33. The van der Waals surface area contributed by atoms with Crippen molar-refractivity contribution < 1.29 is 14.3 Å². The molecule has 0 aliphatic heterocycles. The van der Waals surface area contributed by atoms with E-state index in [0.29, 0.717) is 17.8 Å². The first-order valence-electron chi connectivity index (χ1n) is 8.33. The molecule has 3 heteroatoms. The van der Waals surface area contributed by atoms with Crippen molar-refractivity contribution in [3.05, 3.63) is 95.1 Å². The van der Waals surface area contributed by atoms with Crippen LogP contribution in [-0.4, -0.2) is 18.2 Å². The summed E-state index contributed by atoms with van der Waals surface area (Å²) < 4.78 is 6.22. The van der Waals surface area contributed by atoms with E-state index >= 15 is 0 Å². The smallest absolute Gasteiger partial charge is 0.185 e. The van der Waals surface area contributed by atoms with Gasteiger partial charge in [0.2, 0.25) is 0 Å². The monoisotopic (exact) mass is 332 g/mol. The highest BCUT2D eigenvalue weighted by molar-refractivity contribution is 6.20. The molecule has 0 amide bonds. The average Bonchev–Trinajstić information content (AvgIpc) is 2.64. The van der Waals surface area contributed by atoms with Crippen LogP contribution in [0.3, 0.4) is 0 Å². The Kier molecular flexibility index (Phi) is 4.77. The van der Waals surface area contributed by atoms with Crippen LogP contribution in [0.25, 0.3) is 0 Å². The summed E-state index contributed by atoms with van der Waals surface area (Å²) in [7, 11) is 0. The minimum absolute atomic E-state index is 0.162. The molecule has 3 nitrogen and oxygen atoms in total. The lowest BCUT2D eigenvalue weighted by molar-refractivity contribution is -0.117. The van der Waals surface area contributed by atoms with Crippen LogP contribution in [0.4, 0.5) is 0 Å². The van der Waals surface area contributed by atoms with Crippen LogP contribution >= 0.6 is 0 Å². The Bertz CT molecular complexity index is 806. The number of benzene rings is 2. The van der Waals surface area contributed by atoms with Gasteiger partial charge in [-0.1, -0.05) is 60.7 Å². The number of hydrogen-bond acceptors (Lipinski definition) is 3. The standard InChI is InChI=1S/C22H20O3/c1-3-25-22(17-10-6-4-7-11-17,18-12-8-5-9-13-18)19-15-20(23)16(2)14-21(19)24/h4-15H,3H2,1-2H3. The maximum absolute atomic E-state index is 12.8. The molecule has 0 fully saturated rings. The molecule has 0 N–H and O–H groups in total. The third-order valence-corrected chi connectivity index (χ3v) is 4.38.